The summed E-state index contributed by atoms with van der Waals surface area (Å²) in [5, 5.41) is 3.32. The van der Waals surface area contributed by atoms with E-state index in [4.69, 9.17) is 21.1 Å². The summed E-state index contributed by atoms with van der Waals surface area (Å²) >= 11 is 6.10. The molecule has 2 amide bonds. The van der Waals surface area contributed by atoms with Gasteiger partial charge in [-0.1, -0.05) is 11.6 Å². The Morgan fingerprint density at radius 1 is 1.32 bits per heavy atom. The van der Waals surface area contributed by atoms with Gasteiger partial charge in [-0.25, -0.2) is 0 Å². The number of halogens is 1. The molecule has 0 saturated carbocycles. The molecule has 28 heavy (non-hydrogen) atoms. The maximum atomic E-state index is 12.8. The molecule has 0 aromatic heterocycles. The smallest absolute Gasteiger partial charge is 0.238 e. The van der Waals surface area contributed by atoms with Crippen LogP contribution in [0.5, 0.6) is 5.75 Å². The fourth-order valence-electron chi connectivity index (χ4n) is 4.24. The van der Waals surface area contributed by atoms with Gasteiger partial charge in [-0.3, -0.25) is 14.5 Å². The SMILES string of the molecule is COc1ccc(NC(=O)CN2CCC3(CC2)CC(OC)CN(C)C3=O)cc1Cl. The third-order valence-electron chi connectivity index (χ3n) is 5.85. The van der Waals surface area contributed by atoms with Crippen LogP contribution in [0.4, 0.5) is 5.69 Å². The van der Waals surface area contributed by atoms with Crippen LogP contribution in [0, 0.1) is 5.41 Å². The zero-order chi connectivity index (χ0) is 20.3. The minimum absolute atomic E-state index is 0.0809. The molecule has 2 aliphatic rings. The van der Waals surface area contributed by atoms with Gasteiger partial charge in [0, 0.05) is 26.4 Å². The minimum atomic E-state index is -0.357. The van der Waals surface area contributed by atoms with E-state index in [1.807, 2.05) is 7.05 Å². The molecule has 1 spiro atoms. The van der Waals surface area contributed by atoms with E-state index in [1.54, 1.807) is 37.3 Å². The lowest BCUT2D eigenvalue weighted by Crippen LogP contribution is -2.57. The van der Waals surface area contributed by atoms with Gasteiger partial charge < -0.3 is 19.7 Å². The molecule has 7 nitrogen and oxygen atoms in total. The highest BCUT2D eigenvalue weighted by Crippen LogP contribution is 2.41. The second kappa shape index (κ2) is 8.68. The van der Waals surface area contributed by atoms with E-state index in [-0.39, 0.29) is 29.9 Å². The predicted molar refractivity (Wildman–Crippen MR) is 108 cm³/mol. The molecular formula is C20H28ClN3O4. The molecule has 3 rings (SSSR count). The predicted octanol–water partition coefficient (Wildman–Crippen LogP) is 2.25. The Morgan fingerprint density at radius 2 is 2.04 bits per heavy atom. The summed E-state index contributed by atoms with van der Waals surface area (Å²) in [6.07, 6.45) is 2.34. The molecule has 1 unspecified atom stereocenters. The summed E-state index contributed by atoms with van der Waals surface area (Å²) in [6.45, 7) is 2.37. The topological polar surface area (TPSA) is 71.1 Å². The van der Waals surface area contributed by atoms with Crippen molar-refractivity contribution in [2.24, 2.45) is 5.41 Å². The highest BCUT2D eigenvalue weighted by molar-refractivity contribution is 6.32. The molecule has 1 N–H and O–H groups in total. The summed E-state index contributed by atoms with van der Waals surface area (Å²) in [7, 11) is 5.09. The van der Waals surface area contributed by atoms with Crippen molar-refractivity contribution in [2.75, 3.05) is 52.8 Å². The second-order valence-corrected chi connectivity index (χ2v) is 8.11. The molecular weight excluding hydrogens is 382 g/mol. The van der Waals surface area contributed by atoms with E-state index in [0.29, 0.717) is 36.1 Å². The van der Waals surface area contributed by atoms with Gasteiger partial charge in [0.25, 0.3) is 0 Å². The molecule has 1 atom stereocenters. The Labute approximate surface area is 170 Å². The van der Waals surface area contributed by atoms with Crippen molar-refractivity contribution in [3.8, 4) is 5.75 Å². The summed E-state index contributed by atoms with van der Waals surface area (Å²) in [5.41, 5.74) is 0.278. The number of likely N-dealkylation sites (N-methyl/N-ethyl adjacent to an activating group) is 1. The zero-order valence-corrected chi connectivity index (χ0v) is 17.4. The molecule has 0 aliphatic carbocycles. The lowest BCUT2D eigenvalue weighted by molar-refractivity contribution is -0.155. The Bertz CT molecular complexity index is 734. The van der Waals surface area contributed by atoms with Gasteiger partial charge in [0.2, 0.25) is 11.8 Å². The van der Waals surface area contributed by atoms with E-state index >= 15 is 0 Å². The van der Waals surface area contributed by atoms with Crippen LogP contribution in [0.25, 0.3) is 0 Å². The van der Waals surface area contributed by atoms with Crippen molar-refractivity contribution in [2.45, 2.75) is 25.4 Å². The second-order valence-electron chi connectivity index (χ2n) is 7.70. The average Bonchev–Trinajstić information content (AvgIpc) is 2.67. The number of carbonyl (C=O) groups is 2. The van der Waals surface area contributed by atoms with Crippen molar-refractivity contribution in [1.29, 1.82) is 0 Å². The molecule has 0 bridgehead atoms. The number of piperidine rings is 2. The van der Waals surface area contributed by atoms with Crippen LogP contribution in [-0.2, 0) is 14.3 Å². The Balaban J connectivity index is 1.54. The standard InChI is InChI=1S/C20H28ClN3O4/c1-23-12-15(27-2)11-20(19(23)26)6-8-24(9-7-20)13-18(25)22-14-4-5-17(28-3)16(21)10-14/h4-5,10,15H,6-9,11-13H2,1-3H3,(H,22,25). The van der Waals surface area contributed by atoms with Crippen molar-refractivity contribution in [3.05, 3.63) is 23.2 Å². The van der Waals surface area contributed by atoms with Gasteiger partial charge in [-0.2, -0.15) is 0 Å². The van der Waals surface area contributed by atoms with Crippen LogP contribution in [0.2, 0.25) is 5.02 Å². The highest BCUT2D eigenvalue weighted by Gasteiger charge is 2.47. The number of hydrogen-bond acceptors (Lipinski definition) is 5. The third kappa shape index (κ3) is 4.42. The summed E-state index contributed by atoms with van der Waals surface area (Å²) in [5.74, 6) is 0.675. The van der Waals surface area contributed by atoms with Crippen molar-refractivity contribution in [3.63, 3.8) is 0 Å². The number of likely N-dealkylation sites (tertiary alicyclic amines) is 2. The van der Waals surface area contributed by atoms with Crippen LogP contribution in [0.15, 0.2) is 18.2 Å². The van der Waals surface area contributed by atoms with Crippen LogP contribution in [0.1, 0.15) is 19.3 Å². The quantitative estimate of drug-likeness (QED) is 0.807. The number of hydrogen-bond donors (Lipinski definition) is 1. The van der Waals surface area contributed by atoms with Gasteiger partial charge in [-0.05, 0) is 50.6 Å². The maximum absolute atomic E-state index is 12.8. The van der Waals surface area contributed by atoms with Crippen LogP contribution < -0.4 is 10.1 Å². The van der Waals surface area contributed by atoms with E-state index in [1.165, 1.54) is 0 Å². The van der Waals surface area contributed by atoms with Gasteiger partial charge in [0.1, 0.15) is 5.75 Å². The number of benzene rings is 1. The maximum Gasteiger partial charge on any atom is 0.238 e. The van der Waals surface area contributed by atoms with Crippen LogP contribution in [0.3, 0.4) is 0 Å². The fourth-order valence-corrected chi connectivity index (χ4v) is 4.50. The molecule has 1 aromatic carbocycles. The largest absolute Gasteiger partial charge is 0.495 e. The van der Waals surface area contributed by atoms with Gasteiger partial charge in [0.05, 0.1) is 30.2 Å². The monoisotopic (exact) mass is 409 g/mol. The molecule has 154 valence electrons. The third-order valence-corrected chi connectivity index (χ3v) is 6.14. The molecule has 2 fully saturated rings. The first-order valence-corrected chi connectivity index (χ1v) is 9.89. The number of ether oxygens (including phenoxy) is 2. The number of carbonyl (C=O) groups excluding carboxylic acids is 2. The zero-order valence-electron chi connectivity index (χ0n) is 16.7. The molecule has 1 aromatic rings. The fraction of sp³-hybridized carbons (Fsp3) is 0.600. The van der Waals surface area contributed by atoms with Gasteiger partial charge in [0.15, 0.2) is 0 Å². The summed E-state index contributed by atoms with van der Waals surface area (Å²) in [6, 6.07) is 5.15. The summed E-state index contributed by atoms with van der Waals surface area (Å²) in [4.78, 5) is 29.1. The van der Waals surface area contributed by atoms with E-state index in [0.717, 1.165) is 19.3 Å². The number of amides is 2. The molecule has 8 heteroatoms. The summed E-state index contributed by atoms with van der Waals surface area (Å²) < 4.78 is 10.7. The van der Waals surface area contributed by atoms with Crippen molar-refractivity contribution < 1.29 is 19.1 Å². The Kier molecular flexibility index (Phi) is 6.47. The molecule has 2 saturated heterocycles. The molecule has 0 radical (unpaired) electrons. The number of anilines is 1. The number of rotatable bonds is 5. The van der Waals surface area contributed by atoms with Crippen LogP contribution in [-0.4, -0.2) is 75.2 Å². The first-order valence-electron chi connectivity index (χ1n) is 9.51. The molecule has 2 heterocycles. The average molecular weight is 410 g/mol. The minimum Gasteiger partial charge on any atom is -0.495 e. The van der Waals surface area contributed by atoms with E-state index in [2.05, 4.69) is 10.2 Å². The normalized spacial score (nSPS) is 22.4. The number of nitrogens with one attached hydrogen (secondary N) is 1. The van der Waals surface area contributed by atoms with Gasteiger partial charge >= 0.3 is 0 Å². The van der Waals surface area contributed by atoms with Crippen LogP contribution >= 0.6 is 11.6 Å². The van der Waals surface area contributed by atoms with Crippen molar-refractivity contribution >= 4 is 29.1 Å². The number of nitrogens with zero attached hydrogens (tertiary/aromatic N) is 2. The van der Waals surface area contributed by atoms with Crippen molar-refractivity contribution in [1.82, 2.24) is 9.80 Å². The Hall–Kier alpha value is -1.83. The lowest BCUT2D eigenvalue weighted by atomic mass is 9.71. The first-order chi connectivity index (χ1) is 13.4. The highest BCUT2D eigenvalue weighted by atomic mass is 35.5. The molecule has 2 aliphatic heterocycles. The van der Waals surface area contributed by atoms with E-state index < -0.39 is 0 Å². The Morgan fingerprint density at radius 3 is 2.64 bits per heavy atom. The lowest BCUT2D eigenvalue weighted by Gasteiger charge is -2.47. The van der Waals surface area contributed by atoms with E-state index in [9.17, 15) is 9.59 Å². The first kappa shape index (κ1) is 20.9. The van der Waals surface area contributed by atoms with Gasteiger partial charge in [-0.15, -0.1) is 0 Å². The number of methoxy groups -OCH3 is 2.